The van der Waals surface area contributed by atoms with Gasteiger partial charge >= 0.3 is 0 Å². The molecule has 0 aliphatic carbocycles. The standard InChI is InChI=1S/C25H24O2/c1-20(10-9-13-21-11-5-3-6-12-21)25(27-24-14-7-4-8-15-24)22-16-18-23(26-2)19-17-22/h3-12,14-19H,13H2,1-2H3/b10-9+,25-20-. The molecule has 0 unspecified atom stereocenters. The summed E-state index contributed by atoms with van der Waals surface area (Å²) in [5.41, 5.74) is 3.37. The van der Waals surface area contributed by atoms with Crippen molar-refractivity contribution in [1.29, 1.82) is 0 Å². The van der Waals surface area contributed by atoms with E-state index in [4.69, 9.17) is 9.47 Å². The van der Waals surface area contributed by atoms with Crippen LogP contribution in [-0.2, 0) is 6.42 Å². The van der Waals surface area contributed by atoms with Gasteiger partial charge in [0, 0.05) is 5.56 Å². The normalized spacial score (nSPS) is 11.9. The Kier molecular flexibility index (Phi) is 6.48. The first-order valence-electron chi connectivity index (χ1n) is 9.05. The summed E-state index contributed by atoms with van der Waals surface area (Å²) in [4.78, 5) is 0. The Balaban J connectivity index is 1.87. The maximum absolute atomic E-state index is 6.23. The largest absolute Gasteiger partial charge is 0.497 e. The minimum Gasteiger partial charge on any atom is -0.497 e. The number of hydrogen-bond donors (Lipinski definition) is 0. The molecule has 0 fully saturated rings. The van der Waals surface area contributed by atoms with Gasteiger partial charge in [-0.1, -0.05) is 60.7 Å². The summed E-state index contributed by atoms with van der Waals surface area (Å²) in [7, 11) is 1.67. The number of ether oxygens (including phenoxy) is 2. The van der Waals surface area contributed by atoms with E-state index in [0.29, 0.717) is 0 Å². The number of para-hydroxylation sites is 1. The fourth-order valence-electron chi connectivity index (χ4n) is 2.78. The van der Waals surface area contributed by atoms with Gasteiger partial charge < -0.3 is 9.47 Å². The van der Waals surface area contributed by atoms with Crippen molar-refractivity contribution in [2.75, 3.05) is 7.11 Å². The molecule has 136 valence electrons. The molecule has 0 aliphatic heterocycles. The molecular formula is C25H24O2. The summed E-state index contributed by atoms with van der Waals surface area (Å²) in [5.74, 6) is 2.49. The van der Waals surface area contributed by atoms with Crippen molar-refractivity contribution in [1.82, 2.24) is 0 Å². The molecule has 2 heteroatoms. The van der Waals surface area contributed by atoms with E-state index in [-0.39, 0.29) is 0 Å². The first kappa shape index (κ1) is 18.5. The van der Waals surface area contributed by atoms with Gasteiger partial charge in [0.1, 0.15) is 17.3 Å². The van der Waals surface area contributed by atoms with Gasteiger partial charge in [-0.15, -0.1) is 0 Å². The van der Waals surface area contributed by atoms with Crippen LogP contribution in [-0.4, -0.2) is 7.11 Å². The third-order valence-electron chi connectivity index (χ3n) is 4.24. The number of rotatable bonds is 7. The second-order valence-corrected chi connectivity index (χ2v) is 6.25. The molecule has 0 amide bonds. The summed E-state index contributed by atoms with van der Waals surface area (Å²) in [6.07, 6.45) is 5.18. The zero-order chi connectivity index (χ0) is 18.9. The van der Waals surface area contributed by atoms with Crippen LogP contribution in [0.5, 0.6) is 11.5 Å². The predicted molar refractivity (Wildman–Crippen MR) is 112 cm³/mol. The summed E-state index contributed by atoms with van der Waals surface area (Å²) in [6.45, 7) is 2.07. The molecule has 3 aromatic carbocycles. The van der Waals surface area contributed by atoms with Gasteiger partial charge in [-0.05, 0) is 60.9 Å². The quantitative estimate of drug-likeness (QED) is 0.365. The molecule has 0 saturated carbocycles. The lowest BCUT2D eigenvalue weighted by Crippen LogP contribution is -1.98. The first-order chi connectivity index (χ1) is 13.3. The van der Waals surface area contributed by atoms with Gasteiger partial charge in [0.05, 0.1) is 7.11 Å². The molecule has 27 heavy (non-hydrogen) atoms. The van der Waals surface area contributed by atoms with E-state index in [1.165, 1.54) is 5.56 Å². The summed E-state index contributed by atoms with van der Waals surface area (Å²) < 4.78 is 11.5. The summed E-state index contributed by atoms with van der Waals surface area (Å²) in [5, 5.41) is 0. The minimum absolute atomic E-state index is 0.819. The van der Waals surface area contributed by atoms with E-state index >= 15 is 0 Å². The van der Waals surface area contributed by atoms with Crippen molar-refractivity contribution in [2.24, 2.45) is 0 Å². The van der Waals surface area contributed by atoms with Crippen molar-refractivity contribution < 1.29 is 9.47 Å². The third-order valence-corrected chi connectivity index (χ3v) is 4.24. The lowest BCUT2D eigenvalue weighted by molar-refractivity contribution is 0.414. The third kappa shape index (κ3) is 5.35. The lowest BCUT2D eigenvalue weighted by atomic mass is 10.1. The molecule has 0 aliphatic rings. The number of benzene rings is 3. The van der Waals surface area contributed by atoms with Gasteiger partial charge in [-0.3, -0.25) is 0 Å². The second kappa shape index (κ2) is 9.44. The predicted octanol–water partition coefficient (Wildman–Crippen LogP) is 6.30. The Labute approximate surface area is 161 Å². The number of allylic oxidation sites excluding steroid dienone is 3. The summed E-state index contributed by atoms with van der Waals surface area (Å²) in [6, 6.07) is 28.2. The van der Waals surface area contributed by atoms with Gasteiger partial charge in [0.25, 0.3) is 0 Å². The Morgan fingerprint density at radius 1 is 0.778 bits per heavy atom. The lowest BCUT2D eigenvalue weighted by Gasteiger charge is -2.13. The van der Waals surface area contributed by atoms with Crippen LogP contribution in [0.25, 0.3) is 5.76 Å². The SMILES string of the molecule is COc1ccc(/C(Oc2ccccc2)=C(C)/C=C/Cc2ccccc2)cc1. The van der Waals surface area contributed by atoms with Crippen molar-refractivity contribution in [2.45, 2.75) is 13.3 Å². The highest BCUT2D eigenvalue weighted by molar-refractivity contribution is 5.67. The average molecular weight is 356 g/mol. The Morgan fingerprint density at radius 3 is 2.04 bits per heavy atom. The van der Waals surface area contributed by atoms with Crippen molar-refractivity contribution >= 4 is 5.76 Å². The van der Waals surface area contributed by atoms with E-state index < -0.39 is 0 Å². The molecule has 3 rings (SSSR count). The minimum atomic E-state index is 0.819. The summed E-state index contributed by atoms with van der Waals surface area (Å²) >= 11 is 0. The van der Waals surface area contributed by atoms with E-state index in [1.54, 1.807) is 7.11 Å². The maximum Gasteiger partial charge on any atom is 0.137 e. The highest BCUT2D eigenvalue weighted by atomic mass is 16.5. The molecule has 0 spiro atoms. The van der Waals surface area contributed by atoms with Crippen molar-refractivity contribution in [3.63, 3.8) is 0 Å². The van der Waals surface area contributed by atoms with E-state index in [0.717, 1.165) is 34.8 Å². The fraction of sp³-hybridized carbons (Fsp3) is 0.120. The second-order valence-electron chi connectivity index (χ2n) is 6.25. The average Bonchev–Trinajstić information content (AvgIpc) is 2.73. The topological polar surface area (TPSA) is 18.5 Å². The molecule has 0 atom stereocenters. The Morgan fingerprint density at radius 2 is 1.41 bits per heavy atom. The molecule has 0 bridgehead atoms. The smallest absolute Gasteiger partial charge is 0.137 e. The van der Waals surface area contributed by atoms with Crippen LogP contribution in [0.1, 0.15) is 18.1 Å². The molecule has 0 radical (unpaired) electrons. The Bertz CT molecular complexity index is 892. The molecule has 0 heterocycles. The fourth-order valence-corrected chi connectivity index (χ4v) is 2.78. The van der Waals surface area contributed by atoms with Crippen LogP contribution in [0, 0.1) is 0 Å². The molecule has 2 nitrogen and oxygen atoms in total. The zero-order valence-corrected chi connectivity index (χ0v) is 15.8. The Hall–Kier alpha value is -3.26. The number of hydrogen-bond acceptors (Lipinski definition) is 2. The molecular weight excluding hydrogens is 332 g/mol. The van der Waals surface area contributed by atoms with Crippen molar-refractivity contribution in [3.8, 4) is 11.5 Å². The highest BCUT2D eigenvalue weighted by Gasteiger charge is 2.08. The molecule has 0 saturated heterocycles. The molecule has 0 aromatic heterocycles. The van der Waals surface area contributed by atoms with Crippen LogP contribution in [0.4, 0.5) is 0 Å². The van der Waals surface area contributed by atoms with E-state index in [9.17, 15) is 0 Å². The van der Waals surface area contributed by atoms with Crippen molar-refractivity contribution in [3.05, 3.63) is 114 Å². The monoisotopic (exact) mass is 356 g/mol. The van der Waals surface area contributed by atoms with Crippen LogP contribution < -0.4 is 9.47 Å². The van der Waals surface area contributed by atoms with E-state index in [1.807, 2.05) is 60.7 Å². The highest BCUT2D eigenvalue weighted by Crippen LogP contribution is 2.26. The first-order valence-corrected chi connectivity index (χ1v) is 9.05. The van der Waals surface area contributed by atoms with Crippen LogP contribution in [0.3, 0.4) is 0 Å². The van der Waals surface area contributed by atoms with Gasteiger partial charge in [0.15, 0.2) is 0 Å². The van der Waals surface area contributed by atoms with Crippen LogP contribution in [0.2, 0.25) is 0 Å². The molecule has 3 aromatic rings. The van der Waals surface area contributed by atoms with Gasteiger partial charge in [-0.2, -0.15) is 0 Å². The molecule has 0 N–H and O–H groups in total. The van der Waals surface area contributed by atoms with Crippen LogP contribution in [0.15, 0.2) is 103 Å². The number of methoxy groups -OCH3 is 1. The van der Waals surface area contributed by atoms with Gasteiger partial charge in [0.2, 0.25) is 0 Å². The van der Waals surface area contributed by atoms with E-state index in [2.05, 4.69) is 43.3 Å². The zero-order valence-electron chi connectivity index (χ0n) is 15.8. The van der Waals surface area contributed by atoms with Gasteiger partial charge in [-0.25, -0.2) is 0 Å². The maximum atomic E-state index is 6.23. The van der Waals surface area contributed by atoms with Crippen LogP contribution >= 0.6 is 0 Å².